The van der Waals surface area contributed by atoms with E-state index in [1.165, 1.54) is 5.56 Å². The fourth-order valence-electron chi connectivity index (χ4n) is 1.23. The van der Waals surface area contributed by atoms with Gasteiger partial charge in [0.2, 0.25) is 5.88 Å². The Morgan fingerprint density at radius 3 is 2.79 bits per heavy atom. The second-order valence-corrected chi connectivity index (χ2v) is 3.27. The highest BCUT2D eigenvalue weighted by Crippen LogP contribution is 2.12. The molecule has 0 unspecified atom stereocenters. The van der Waals surface area contributed by atoms with Crippen LogP contribution in [-0.2, 0) is 6.54 Å². The number of rotatable bonds is 5. The first-order chi connectivity index (χ1) is 6.77. The van der Waals surface area contributed by atoms with Crippen LogP contribution in [0.3, 0.4) is 0 Å². The summed E-state index contributed by atoms with van der Waals surface area (Å²) in [6.45, 7) is 5.68. The summed E-state index contributed by atoms with van der Waals surface area (Å²) in [6, 6.07) is 3.99. The van der Waals surface area contributed by atoms with Crippen LogP contribution in [-0.4, -0.2) is 18.6 Å². The SMILES string of the molecule is CCCOc1ccc(CNC)c(C)n1. The fourth-order valence-corrected chi connectivity index (χ4v) is 1.23. The van der Waals surface area contributed by atoms with Crippen LogP contribution in [0, 0.1) is 6.92 Å². The third-order valence-electron chi connectivity index (χ3n) is 1.99. The molecule has 0 radical (unpaired) electrons. The number of ether oxygens (including phenoxy) is 1. The molecule has 0 amide bonds. The molecule has 0 atom stereocenters. The molecule has 1 rings (SSSR count). The highest BCUT2D eigenvalue weighted by molar-refractivity contribution is 5.24. The average molecular weight is 194 g/mol. The lowest BCUT2D eigenvalue weighted by molar-refractivity contribution is 0.304. The van der Waals surface area contributed by atoms with Crippen LogP contribution in [0.5, 0.6) is 5.88 Å². The largest absolute Gasteiger partial charge is 0.478 e. The van der Waals surface area contributed by atoms with Crippen LogP contribution in [0.15, 0.2) is 12.1 Å². The summed E-state index contributed by atoms with van der Waals surface area (Å²) < 4.78 is 5.44. The van der Waals surface area contributed by atoms with Crippen LogP contribution in [0.25, 0.3) is 0 Å². The highest BCUT2D eigenvalue weighted by Gasteiger charge is 2.00. The number of aryl methyl sites for hydroxylation is 1. The topological polar surface area (TPSA) is 34.1 Å². The second-order valence-electron chi connectivity index (χ2n) is 3.27. The van der Waals surface area contributed by atoms with Crippen molar-refractivity contribution in [3.63, 3.8) is 0 Å². The Kier molecular flexibility index (Phi) is 4.40. The molecule has 14 heavy (non-hydrogen) atoms. The summed E-state index contributed by atoms with van der Waals surface area (Å²) in [5, 5.41) is 3.11. The van der Waals surface area contributed by atoms with E-state index < -0.39 is 0 Å². The summed E-state index contributed by atoms with van der Waals surface area (Å²) in [4.78, 5) is 4.37. The van der Waals surface area contributed by atoms with Gasteiger partial charge in [0.15, 0.2) is 0 Å². The Bertz CT molecular complexity index is 287. The van der Waals surface area contributed by atoms with Gasteiger partial charge in [0, 0.05) is 18.3 Å². The van der Waals surface area contributed by atoms with Crippen molar-refractivity contribution in [3.8, 4) is 5.88 Å². The third kappa shape index (κ3) is 3.00. The van der Waals surface area contributed by atoms with Gasteiger partial charge in [0.05, 0.1) is 6.61 Å². The molecule has 1 N–H and O–H groups in total. The van der Waals surface area contributed by atoms with Crippen molar-refractivity contribution in [2.24, 2.45) is 0 Å². The number of hydrogen-bond acceptors (Lipinski definition) is 3. The van der Waals surface area contributed by atoms with Gasteiger partial charge in [-0.3, -0.25) is 0 Å². The van der Waals surface area contributed by atoms with Crippen LogP contribution in [0.4, 0.5) is 0 Å². The normalized spacial score (nSPS) is 10.2. The fraction of sp³-hybridized carbons (Fsp3) is 0.545. The number of nitrogens with one attached hydrogen (secondary N) is 1. The quantitative estimate of drug-likeness (QED) is 0.777. The molecule has 1 aromatic rings. The van der Waals surface area contributed by atoms with Crippen molar-refractivity contribution in [1.82, 2.24) is 10.3 Å². The van der Waals surface area contributed by atoms with E-state index in [1.54, 1.807) is 0 Å². The summed E-state index contributed by atoms with van der Waals surface area (Å²) >= 11 is 0. The van der Waals surface area contributed by atoms with Crippen molar-refractivity contribution >= 4 is 0 Å². The minimum atomic E-state index is 0.726. The van der Waals surface area contributed by atoms with Gasteiger partial charge < -0.3 is 10.1 Å². The van der Waals surface area contributed by atoms with Crippen molar-refractivity contribution in [1.29, 1.82) is 0 Å². The molecule has 1 heterocycles. The molecule has 0 fully saturated rings. The van der Waals surface area contributed by atoms with Crippen LogP contribution < -0.4 is 10.1 Å². The van der Waals surface area contributed by atoms with Gasteiger partial charge in [-0.1, -0.05) is 13.0 Å². The highest BCUT2D eigenvalue weighted by atomic mass is 16.5. The molecular weight excluding hydrogens is 176 g/mol. The van der Waals surface area contributed by atoms with E-state index in [-0.39, 0.29) is 0 Å². The number of hydrogen-bond donors (Lipinski definition) is 1. The van der Waals surface area contributed by atoms with Crippen molar-refractivity contribution in [2.45, 2.75) is 26.8 Å². The maximum absolute atomic E-state index is 5.44. The van der Waals surface area contributed by atoms with Crippen molar-refractivity contribution in [2.75, 3.05) is 13.7 Å². The lowest BCUT2D eigenvalue weighted by Gasteiger charge is -2.07. The Morgan fingerprint density at radius 2 is 2.21 bits per heavy atom. The first-order valence-electron chi connectivity index (χ1n) is 5.01. The molecule has 0 spiro atoms. The zero-order valence-corrected chi connectivity index (χ0v) is 9.13. The third-order valence-corrected chi connectivity index (χ3v) is 1.99. The summed E-state index contributed by atoms with van der Waals surface area (Å²) in [5.41, 5.74) is 2.25. The van der Waals surface area contributed by atoms with E-state index in [9.17, 15) is 0 Å². The molecule has 0 aliphatic heterocycles. The van der Waals surface area contributed by atoms with Gasteiger partial charge in [-0.15, -0.1) is 0 Å². The molecule has 0 saturated heterocycles. The standard InChI is InChI=1S/C11H18N2O/c1-4-7-14-11-6-5-10(8-12-3)9(2)13-11/h5-6,12H,4,7-8H2,1-3H3. The molecule has 3 nitrogen and oxygen atoms in total. The monoisotopic (exact) mass is 194 g/mol. The minimum absolute atomic E-state index is 0.726. The smallest absolute Gasteiger partial charge is 0.213 e. The molecular formula is C11H18N2O. The van der Waals surface area contributed by atoms with Crippen LogP contribution in [0.1, 0.15) is 24.6 Å². The molecule has 3 heteroatoms. The number of nitrogens with zero attached hydrogens (tertiary/aromatic N) is 1. The van der Waals surface area contributed by atoms with E-state index in [4.69, 9.17) is 4.74 Å². The first kappa shape index (κ1) is 11.0. The van der Waals surface area contributed by atoms with Gasteiger partial charge in [-0.25, -0.2) is 4.98 Å². The Labute approximate surface area is 85.5 Å². The van der Waals surface area contributed by atoms with Gasteiger partial charge >= 0.3 is 0 Å². The van der Waals surface area contributed by atoms with Gasteiger partial charge in [0.1, 0.15) is 0 Å². The molecule has 78 valence electrons. The molecule has 1 aromatic heterocycles. The minimum Gasteiger partial charge on any atom is -0.478 e. The van der Waals surface area contributed by atoms with E-state index in [2.05, 4.69) is 23.3 Å². The maximum Gasteiger partial charge on any atom is 0.213 e. The zero-order valence-electron chi connectivity index (χ0n) is 9.13. The Morgan fingerprint density at radius 1 is 1.43 bits per heavy atom. The summed E-state index contributed by atoms with van der Waals surface area (Å²) in [6.07, 6.45) is 1.01. The number of pyridine rings is 1. The van der Waals surface area contributed by atoms with Gasteiger partial charge in [-0.2, -0.15) is 0 Å². The Hall–Kier alpha value is -1.09. The lowest BCUT2D eigenvalue weighted by atomic mass is 10.2. The lowest BCUT2D eigenvalue weighted by Crippen LogP contribution is -2.08. The van der Waals surface area contributed by atoms with E-state index >= 15 is 0 Å². The summed E-state index contributed by atoms with van der Waals surface area (Å²) in [7, 11) is 1.93. The van der Waals surface area contributed by atoms with Crippen LogP contribution in [0.2, 0.25) is 0 Å². The van der Waals surface area contributed by atoms with Crippen LogP contribution >= 0.6 is 0 Å². The molecule has 0 aliphatic carbocycles. The van der Waals surface area contributed by atoms with E-state index in [0.29, 0.717) is 0 Å². The van der Waals surface area contributed by atoms with Crippen molar-refractivity contribution < 1.29 is 4.74 Å². The zero-order chi connectivity index (χ0) is 10.4. The molecule has 0 bridgehead atoms. The summed E-state index contributed by atoms with van der Waals surface area (Å²) in [5.74, 6) is 0.726. The molecule has 0 aliphatic rings. The predicted octanol–water partition coefficient (Wildman–Crippen LogP) is 1.90. The van der Waals surface area contributed by atoms with Crippen molar-refractivity contribution in [3.05, 3.63) is 23.4 Å². The molecule has 0 aromatic carbocycles. The van der Waals surface area contributed by atoms with E-state index in [0.717, 1.165) is 31.1 Å². The number of aromatic nitrogens is 1. The van der Waals surface area contributed by atoms with E-state index in [1.807, 2.05) is 20.0 Å². The molecule has 0 saturated carbocycles. The first-order valence-corrected chi connectivity index (χ1v) is 5.01. The second kappa shape index (κ2) is 5.60. The maximum atomic E-state index is 5.44. The average Bonchev–Trinajstić information content (AvgIpc) is 2.19. The van der Waals surface area contributed by atoms with Gasteiger partial charge in [0.25, 0.3) is 0 Å². The van der Waals surface area contributed by atoms with Gasteiger partial charge in [-0.05, 0) is 26.0 Å². The Balaban J connectivity index is 2.68. The predicted molar refractivity (Wildman–Crippen MR) is 57.5 cm³/mol.